The van der Waals surface area contributed by atoms with Gasteiger partial charge in [0.15, 0.2) is 0 Å². The number of halogens is 2. The van der Waals surface area contributed by atoms with Crippen molar-refractivity contribution < 1.29 is 4.39 Å². The summed E-state index contributed by atoms with van der Waals surface area (Å²) in [6.45, 7) is 2.64. The average molecular weight is 281 g/mol. The number of nitrogens with zero attached hydrogens (tertiary/aromatic N) is 1. The minimum absolute atomic E-state index is 0.150. The molecule has 0 bridgehead atoms. The van der Waals surface area contributed by atoms with Crippen molar-refractivity contribution in [2.24, 2.45) is 5.73 Å². The summed E-state index contributed by atoms with van der Waals surface area (Å²) in [5.74, 6) is -0.377. The van der Waals surface area contributed by atoms with Gasteiger partial charge in [-0.15, -0.1) is 0 Å². The fraction of sp³-hybridized carbons (Fsp3) is 0.333. The largest absolute Gasteiger partial charge is 0.347 e. The molecule has 2 aromatic rings. The number of nitrogens with two attached hydrogens (primary N) is 1. The smallest absolute Gasteiger partial charge is 0.142 e. The zero-order valence-electron chi connectivity index (χ0n) is 10.9. The molecule has 2 N–H and O–H groups in total. The SMILES string of the molecule is CCC(N)Cc1cccn1Cc1cccc(F)c1Cl. The molecule has 0 radical (unpaired) electrons. The molecule has 102 valence electrons. The maximum atomic E-state index is 13.4. The van der Waals surface area contributed by atoms with Crippen LogP contribution in [-0.4, -0.2) is 10.6 Å². The summed E-state index contributed by atoms with van der Waals surface area (Å²) >= 11 is 5.98. The number of rotatable bonds is 5. The van der Waals surface area contributed by atoms with E-state index in [0.717, 1.165) is 24.1 Å². The van der Waals surface area contributed by atoms with Crippen LogP contribution in [0.25, 0.3) is 0 Å². The van der Waals surface area contributed by atoms with Crippen LogP contribution in [0, 0.1) is 5.82 Å². The molecule has 19 heavy (non-hydrogen) atoms. The maximum Gasteiger partial charge on any atom is 0.142 e. The molecule has 1 unspecified atom stereocenters. The van der Waals surface area contributed by atoms with Crippen molar-refractivity contribution in [3.63, 3.8) is 0 Å². The molecule has 1 heterocycles. The Morgan fingerprint density at radius 3 is 2.84 bits per heavy atom. The van der Waals surface area contributed by atoms with Gasteiger partial charge >= 0.3 is 0 Å². The van der Waals surface area contributed by atoms with Crippen molar-refractivity contribution in [1.82, 2.24) is 4.57 Å². The topological polar surface area (TPSA) is 30.9 Å². The summed E-state index contributed by atoms with van der Waals surface area (Å²) in [5.41, 5.74) is 7.91. The van der Waals surface area contributed by atoms with E-state index >= 15 is 0 Å². The Morgan fingerprint density at radius 2 is 2.11 bits per heavy atom. The third-order valence-electron chi connectivity index (χ3n) is 3.29. The third-order valence-corrected chi connectivity index (χ3v) is 3.71. The van der Waals surface area contributed by atoms with Crippen molar-refractivity contribution in [2.45, 2.75) is 32.4 Å². The Hall–Kier alpha value is -1.32. The van der Waals surface area contributed by atoms with E-state index in [-0.39, 0.29) is 16.9 Å². The van der Waals surface area contributed by atoms with Gasteiger partial charge in [-0.25, -0.2) is 4.39 Å². The molecule has 1 aromatic heterocycles. The summed E-state index contributed by atoms with van der Waals surface area (Å²) in [5, 5.41) is 0.196. The maximum absolute atomic E-state index is 13.4. The van der Waals surface area contributed by atoms with E-state index < -0.39 is 0 Å². The fourth-order valence-corrected chi connectivity index (χ4v) is 2.24. The highest BCUT2D eigenvalue weighted by Gasteiger charge is 2.10. The van der Waals surface area contributed by atoms with E-state index in [1.807, 2.05) is 24.4 Å². The Morgan fingerprint density at radius 1 is 1.32 bits per heavy atom. The van der Waals surface area contributed by atoms with Crippen LogP contribution >= 0.6 is 11.6 Å². The highest BCUT2D eigenvalue weighted by molar-refractivity contribution is 6.31. The first-order valence-electron chi connectivity index (χ1n) is 6.44. The quantitative estimate of drug-likeness (QED) is 0.891. The average Bonchev–Trinajstić information content (AvgIpc) is 2.82. The van der Waals surface area contributed by atoms with Crippen LogP contribution in [0.3, 0.4) is 0 Å². The van der Waals surface area contributed by atoms with Gasteiger partial charge in [0.2, 0.25) is 0 Å². The molecule has 0 saturated carbocycles. The fourth-order valence-electron chi connectivity index (χ4n) is 2.06. The molecule has 0 fully saturated rings. The molecule has 0 saturated heterocycles. The second-order valence-corrected chi connectivity index (χ2v) is 5.09. The zero-order valence-corrected chi connectivity index (χ0v) is 11.7. The van der Waals surface area contributed by atoms with Crippen LogP contribution < -0.4 is 5.73 Å². The number of aromatic nitrogens is 1. The van der Waals surface area contributed by atoms with Crippen LogP contribution in [0.5, 0.6) is 0 Å². The van der Waals surface area contributed by atoms with Gasteiger partial charge < -0.3 is 10.3 Å². The van der Waals surface area contributed by atoms with E-state index in [1.165, 1.54) is 6.07 Å². The van der Waals surface area contributed by atoms with Gasteiger partial charge in [0.1, 0.15) is 5.82 Å². The molecule has 2 nitrogen and oxygen atoms in total. The lowest BCUT2D eigenvalue weighted by Gasteiger charge is -2.13. The Labute approximate surface area is 118 Å². The van der Waals surface area contributed by atoms with Crippen molar-refractivity contribution in [2.75, 3.05) is 0 Å². The van der Waals surface area contributed by atoms with E-state index in [2.05, 4.69) is 11.5 Å². The molecule has 0 aliphatic carbocycles. The van der Waals surface area contributed by atoms with E-state index in [9.17, 15) is 4.39 Å². The molecule has 4 heteroatoms. The highest BCUT2D eigenvalue weighted by Crippen LogP contribution is 2.21. The molecular formula is C15H18ClFN2. The Balaban J connectivity index is 2.20. The lowest BCUT2D eigenvalue weighted by molar-refractivity contribution is 0.605. The van der Waals surface area contributed by atoms with Gasteiger partial charge in [-0.3, -0.25) is 0 Å². The summed E-state index contributed by atoms with van der Waals surface area (Å²) < 4.78 is 15.5. The van der Waals surface area contributed by atoms with Crippen molar-refractivity contribution >= 4 is 11.6 Å². The second kappa shape index (κ2) is 6.22. The lowest BCUT2D eigenvalue weighted by Crippen LogP contribution is -2.23. The summed E-state index contributed by atoms with van der Waals surface area (Å²) in [7, 11) is 0. The van der Waals surface area contributed by atoms with Gasteiger partial charge in [-0.2, -0.15) is 0 Å². The Bertz CT molecular complexity index is 551. The predicted molar refractivity (Wildman–Crippen MR) is 76.9 cm³/mol. The van der Waals surface area contributed by atoms with Gasteiger partial charge in [0, 0.05) is 30.9 Å². The van der Waals surface area contributed by atoms with Gasteiger partial charge in [-0.1, -0.05) is 30.7 Å². The van der Waals surface area contributed by atoms with Crippen molar-refractivity contribution in [1.29, 1.82) is 0 Å². The number of hydrogen-bond acceptors (Lipinski definition) is 1. The van der Waals surface area contributed by atoms with Crippen molar-refractivity contribution in [3.8, 4) is 0 Å². The highest BCUT2D eigenvalue weighted by atomic mass is 35.5. The number of benzene rings is 1. The van der Waals surface area contributed by atoms with Crippen LogP contribution in [0.1, 0.15) is 24.6 Å². The van der Waals surface area contributed by atoms with Crippen LogP contribution in [0.2, 0.25) is 5.02 Å². The van der Waals surface area contributed by atoms with E-state index in [1.54, 1.807) is 6.07 Å². The molecule has 2 rings (SSSR count). The molecule has 1 aromatic carbocycles. The second-order valence-electron chi connectivity index (χ2n) is 4.71. The lowest BCUT2D eigenvalue weighted by atomic mass is 10.1. The van der Waals surface area contributed by atoms with Crippen molar-refractivity contribution in [3.05, 3.63) is 58.6 Å². The Kier molecular flexibility index (Phi) is 4.61. The molecule has 0 spiro atoms. The predicted octanol–water partition coefficient (Wildman–Crippen LogP) is 3.61. The minimum Gasteiger partial charge on any atom is -0.347 e. The first-order chi connectivity index (χ1) is 9.11. The van der Waals surface area contributed by atoms with E-state index in [4.69, 9.17) is 17.3 Å². The number of hydrogen-bond donors (Lipinski definition) is 1. The molecular weight excluding hydrogens is 263 g/mol. The van der Waals surface area contributed by atoms with Crippen LogP contribution in [0.4, 0.5) is 4.39 Å². The van der Waals surface area contributed by atoms with Crippen LogP contribution in [0.15, 0.2) is 36.5 Å². The van der Waals surface area contributed by atoms with Gasteiger partial charge in [-0.05, 0) is 30.2 Å². The minimum atomic E-state index is -0.377. The molecule has 0 amide bonds. The third kappa shape index (κ3) is 3.37. The summed E-state index contributed by atoms with van der Waals surface area (Å²) in [6, 6.07) is 9.06. The van der Waals surface area contributed by atoms with E-state index in [0.29, 0.717) is 6.54 Å². The first-order valence-corrected chi connectivity index (χ1v) is 6.82. The van der Waals surface area contributed by atoms with Gasteiger partial charge in [0.05, 0.1) is 5.02 Å². The molecule has 1 atom stereocenters. The normalized spacial score (nSPS) is 12.6. The monoisotopic (exact) mass is 280 g/mol. The van der Waals surface area contributed by atoms with Crippen LogP contribution in [-0.2, 0) is 13.0 Å². The van der Waals surface area contributed by atoms with Gasteiger partial charge in [0.25, 0.3) is 0 Å². The zero-order chi connectivity index (χ0) is 13.8. The standard InChI is InChI=1S/C15H18ClFN2/c1-2-12(18)9-13-6-4-8-19(13)10-11-5-3-7-14(17)15(11)16/h3-8,12H,2,9-10,18H2,1H3. The summed E-state index contributed by atoms with van der Waals surface area (Å²) in [4.78, 5) is 0. The molecule has 0 aliphatic rings. The molecule has 0 aliphatic heterocycles. The summed E-state index contributed by atoms with van der Waals surface area (Å²) in [6.07, 6.45) is 3.72. The first kappa shape index (κ1) is 14.1.